The first kappa shape index (κ1) is 18.0. The number of amides is 2. The molecule has 0 bridgehead atoms. The third-order valence-corrected chi connectivity index (χ3v) is 4.98. The number of hydrogen-bond donors (Lipinski definition) is 3. The number of thiazole rings is 1. The molecule has 4 rings (SSSR count). The van der Waals surface area contributed by atoms with Gasteiger partial charge >= 0.3 is 0 Å². The predicted molar refractivity (Wildman–Crippen MR) is 108 cm³/mol. The number of aromatic nitrogens is 2. The van der Waals surface area contributed by atoms with Crippen LogP contribution in [-0.2, 0) is 4.79 Å². The van der Waals surface area contributed by atoms with Crippen LogP contribution in [0.2, 0.25) is 0 Å². The lowest BCUT2D eigenvalue weighted by Gasteiger charge is -2.03. The third-order valence-electron chi connectivity index (χ3n) is 4.23. The molecule has 142 valence electrons. The van der Waals surface area contributed by atoms with Crippen molar-refractivity contribution in [1.82, 2.24) is 15.3 Å². The van der Waals surface area contributed by atoms with Crippen LogP contribution in [0.3, 0.4) is 0 Å². The molecule has 0 aliphatic carbocycles. The fourth-order valence-corrected chi connectivity index (χ4v) is 3.59. The zero-order valence-corrected chi connectivity index (χ0v) is 15.7. The molecule has 3 heterocycles. The molecule has 0 atom stereocenters. The second-order valence-electron chi connectivity index (χ2n) is 6.17. The number of rotatable bonds is 7. The van der Waals surface area contributed by atoms with Crippen LogP contribution in [0.4, 0.5) is 5.13 Å². The Hall–Kier alpha value is -3.39. The van der Waals surface area contributed by atoms with E-state index in [0.717, 1.165) is 22.2 Å². The number of fused-ring (bicyclic) bond motifs is 1. The minimum Gasteiger partial charge on any atom is -0.459 e. The van der Waals surface area contributed by atoms with Crippen LogP contribution in [0.1, 0.15) is 23.4 Å². The Balaban J connectivity index is 1.28. The highest BCUT2D eigenvalue weighted by atomic mass is 32.1. The van der Waals surface area contributed by atoms with Gasteiger partial charge in [-0.15, -0.1) is 11.3 Å². The van der Waals surface area contributed by atoms with E-state index in [1.54, 1.807) is 12.1 Å². The summed E-state index contributed by atoms with van der Waals surface area (Å²) >= 11 is 1.39. The minimum absolute atomic E-state index is 0.132. The number of H-pyrrole nitrogens is 1. The maximum Gasteiger partial charge on any atom is 0.286 e. The van der Waals surface area contributed by atoms with Crippen LogP contribution in [0, 0.1) is 0 Å². The lowest BCUT2D eigenvalue weighted by molar-refractivity contribution is -0.116. The molecule has 0 fully saturated rings. The van der Waals surface area contributed by atoms with Crippen molar-refractivity contribution in [1.29, 1.82) is 0 Å². The zero-order chi connectivity index (χ0) is 19.3. The van der Waals surface area contributed by atoms with Crippen LogP contribution in [0.15, 0.2) is 58.7 Å². The first-order valence-electron chi connectivity index (χ1n) is 8.84. The highest BCUT2D eigenvalue weighted by Gasteiger charge is 2.12. The van der Waals surface area contributed by atoms with Crippen LogP contribution in [0.5, 0.6) is 0 Å². The molecule has 0 spiro atoms. The van der Waals surface area contributed by atoms with Gasteiger partial charge in [0.15, 0.2) is 10.9 Å². The summed E-state index contributed by atoms with van der Waals surface area (Å²) in [4.78, 5) is 31.6. The van der Waals surface area contributed by atoms with E-state index in [0.29, 0.717) is 24.5 Å². The number of anilines is 1. The molecular formula is C20H18N4O3S. The van der Waals surface area contributed by atoms with Gasteiger partial charge in [-0.2, -0.15) is 0 Å². The van der Waals surface area contributed by atoms with Crippen molar-refractivity contribution < 1.29 is 14.0 Å². The quantitative estimate of drug-likeness (QED) is 0.412. The first-order valence-corrected chi connectivity index (χ1v) is 9.72. The average Bonchev–Trinajstić information content (AvgIpc) is 3.44. The standard InChI is InChI=1S/C20H18N4O3S/c25-18(8-3-9-21-19(26)17-7-4-10-27-17)24-20-23-16(12-28-20)14-11-22-15-6-2-1-5-13(14)15/h1-2,4-7,10-12,22H,3,8-9H2,(H,21,26)(H,23,24,25). The van der Waals surface area contributed by atoms with Gasteiger partial charge in [-0.25, -0.2) is 4.98 Å². The second-order valence-corrected chi connectivity index (χ2v) is 7.03. The third kappa shape index (κ3) is 3.96. The summed E-state index contributed by atoms with van der Waals surface area (Å²) in [6, 6.07) is 11.3. The van der Waals surface area contributed by atoms with Crippen molar-refractivity contribution in [3.8, 4) is 11.3 Å². The lowest BCUT2D eigenvalue weighted by atomic mass is 10.1. The maximum atomic E-state index is 12.1. The molecule has 28 heavy (non-hydrogen) atoms. The molecule has 0 radical (unpaired) electrons. The Bertz CT molecular complexity index is 1100. The molecule has 0 saturated carbocycles. The SMILES string of the molecule is O=C(CCCNC(=O)c1ccco1)Nc1nc(-c2c[nH]c3ccccc23)cs1. The van der Waals surface area contributed by atoms with Gasteiger partial charge in [-0.1, -0.05) is 18.2 Å². The van der Waals surface area contributed by atoms with Gasteiger partial charge in [0.05, 0.1) is 12.0 Å². The summed E-state index contributed by atoms with van der Waals surface area (Å²) in [5.74, 6) is -0.155. The van der Waals surface area contributed by atoms with Crippen molar-refractivity contribution >= 4 is 39.2 Å². The predicted octanol–water partition coefficient (Wildman–Crippen LogP) is 4.03. The molecule has 0 aliphatic rings. The van der Waals surface area contributed by atoms with Gasteiger partial charge in [0.1, 0.15) is 0 Å². The highest BCUT2D eigenvalue weighted by Crippen LogP contribution is 2.30. The normalized spacial score (nSPS) is 10.9. The molecule has 0 unspecified atom stereocenters. The Labute approximate surface area is 164 Å². The van der Waals surface area contributed by atoms with Gasteiger partial charge in [0, 0.05) is 41.0 Å². The number of benzene rings is 1. The second kappa shape index (κ2) is 8.10. The number of carbonyl (C=O) groups is 2. The number of hydrogen-bond acceptors (Lipinski definition) is 5. The Kier molecular flexibility index (Phi) is 5.20. The fraction of sp³-hybridized carbons (Fsp3) is 0.150. The zero-order valence-electron chi connectivity index (χ0n) is 14.9. The van der Waals surface area contributed by atoms with Crippen LogP contribution in [0.25, 0.3) is 22.2 Å². The van der Waals surface area contributed by atoms with Crippen LogP contribution >= 0.6 is 11.3 Å². The molecular weight excluding hydrogens is 376 g/mol. The van der Waals surface area contributed by atoms with E-state index in [9.17, 15) is 9.59 Å². The molecule has 7 nitrogen and oxygen atoms in total. The molecule has 0 saturated heterocycles. The van der Waals surface area contributed by atoms with Gasteiger partial charge in [-0.3, -0.25) is 9.59 Å². The van der Waals surface area contributed by atoms with E-state index < -0.39 is 0 Å². The van der Waals surface area contributed by atoms with Gasteiger partial charge in [-0.05, 0) is 24.6 Å². The summed E-state index contributed by atoms with van der Waals surface area (Å²) < 4.78 is 5.01. The van der Waals surface area contributed by atoms with Gasteiger partial charge < -0.3 is 20.0 Å². The lowest BCUT2D eigenvalue weighted by Crippen LogP contribution is -2.25. The molecule has 4 aromatic rings. The molecule has 1 aromatic carbocycles. The Morgan fingerprint density at radius 2 is 2.07 bits per heavy atom. The van der Waals surface area contributed by atoms with Crippen molar-refractivity contribution in [2.24, 2.45) is 0 Å². The van der Waals surface area contributed by atoms with E-state index in [2.05, 4.69) is 20.6 Å². The minimum atomic E-state index is -0.284. The van der Waals surface area contributed by atoms with Crippen molar-refractivity contribution in [3.05, 3.63) is 60.0 Å². The van der Waals surface area contributed by atoms with E-state index in [1.807, 2.05) is 35.8 Å². The summed E-state index contributed by atoms with van der Waals surface area (Å²) in [5.41, 5.74) is 2.88. The van der Waals surface area contributed by atoms with Crippen molar-refractivity contribution in [3.63, 3.8) is 0 Å². The summed E-state index contributed by atoms with van der Waals surface area (Å²) in [6.07, 6.45) is 4.19. The molecule has 0 aliphatic heterocycles. The smallest absolute Gasteiger partial charge is 0.286 e. The number of nitrogens with zero attached hydrogens (tertiary/aromatic N) is 1. The molecule has 8 heteroatoms. The number of para-hydroxylation sites is 1. The number of aromatic amines is 1. The Morgan fingerprint density at radius 1 is 1.18 bits per heavy atom. The highest BCUT2D eigenvalue weighted by molar-refractivity contribution is 7.14. The Morgan fingerprint density at radius 3 is 2.93 bits per heavy atom. The van der Waals surface area contributed by atoms with E-state index in [-0.39, 0.29) is 17.6 Å². The van der Waals surface area contributed by atoms with Gasteiger partial charge in [0.2, 0.25) is 5.91 Å². The van der Waals surface area contributed by atoms with E-state index in [4.69, 9.17) is 4.42 Å². The van der Waals surface area contributed by atoms with E-state index in [1.165, 1.54) is 17.6 Å². The van der Waals surface area contributed by atoms with E-state index >= 15 is 0 Å². The number of furan rings is 1. The summed E-state index contributed by atoms with van der Waals surface area (Å²) in [7, 11) is 0. The van der Waals surface area contributed by atoms with Crippen LogP contribution in [-0.4, -0.2) is 28.3 Å². The fourth-order valence-electron chi connectivity index (χ4n) is 2.87. The topological polar surface area (TPSA) is 100 Å². The summed E-state index contributed by atoms with van der Waals surface area (Å²) in [5, 5.41) is 9.11. The number of carbonyl (C=O) groups excluding carboxylic acids is 2. The average molecular weight is 394 g/mol. The monoisotopic (exact) mass is 394 g/mol. The molecule has 3 N–H and O–H groups in total. The van der Waals surface area contributed by atoms with Crippen LogP contribution < -0.4 is 10.6 Å². The largest absolute Gasteiger partial charge is 0.459 e. The van der Waals surface area contributed by atoms with Gasteiger partial charge in [0.25, 0.3) is 5.91 Å². The first-order chi connectivity index (χ1) is 13.7. The maximum absolute atomic E-state index is 12.1. The van der Waals surface area contributed by atoms with Crippen molar-refractivity contribution in [2.45, 2.75) is 12.8 Å². The molecule has 3 aromatic heterocycles. The number of nitrogens with one attached hydrogen (secondary N) is 3. The van der Waals surface area contributed by atoms with Crippen molar-refractivity contribution in [2.75, 3.05) is 11.9 Å². The molecule has 2 amide bonds. The summed E-state index contributed by atoms with van der Waals surface area (Å²) in [6.45, 7) is 0.394.